The van der Waals surface area contributed by atoms with Gasteiger partial charge < -0.3 is 14.9 Å². The van der Waals surface area contributed by atoms with Crippen molar-refractivity contribution in [3.63, 3.8) is 0 Å². The number of Topliss-reactive ketones (excluding diaryl/α,β-unsaturated/α-hetero) is 1. The second-order valence-corrected chi connectivity index (χ2v) is 5.08. The van der Waals surface area contributed by atoms with Crippen molar-refractivity contribution in [2.45, 2.75) is 38.0 Å². The topological polar surface area (TPSA) is 66.8 Å². The molecule has 0 radical (unpaired) electrons. The average molecular weight is 248 g/mol. The maximum atomic E-state index is 11.7. The molecule has 1 aliphatic carbocycles. The van der Waals surface area contributed by atoms with Crippen LogP contribution in [0.1, 0.15) is 53.9 Å². The first-order chi connectivity index (χ1) is 8.68. The number of fused-ring (bicyclic) bond motifs is 1. The number of ketones is 1. The minimum atomic E-state index is -0.209. The van der Waals surface area contributed by atoms with Crippen LogP contribution in [0.2, 0.25) is 0 Å². The Hall–Kier alpha value is -1.71. The first kappa shape index (κ1) is 11.4. The summed E-state index contributed by atoms with van der Waals surface area (Å²) in [5.74, 6) is 0.221. The molecule has 1 saturated carbocycles. The van der Waals surface area contributed by atoms with Gasteiger partial charge in [-0.15, -0.1) is 0 Å². The highest BCUT2D eigenvalue weighted by molar-refractivity contribution is 6.05. The van der Waals surface area contributed by atoms with E-state index in [0.717, 1.165) is 25.7 Å². The van der Waals surface area contributed by atoms with E-state index in [0.29, 0.717) is 11.3 Å². The van der Waals surface area contributed by atoms with Crippen molar-refractivity contribution in [1.82, 2.24) is 0 Å². The van der Waals surface area contributed by atoms with Crippen LogP contribution in [0.25, 0.3) is 0 Å². The quantitative estimate of drug-likeness (QED) is 0.802. The molecule has 4 heteroatoms. The normalized spacial score (nSPS) is 19.7. The Balaban J connectivity index is 2.09. The highest BCUT2D eigenvalue weighted by Crippen LogP contribution is 2.47. The van der Waals surface area contributed by atoms with Gasteiger partial charge in [0.25, 0.3) is 0 Å². The van der Waals surface area contributed by atoms with Crippen LogP contribution in [0.5, 0.6) is 17.2 Å². The van der Waals surface area contributed by atoms with E-state index in [1.165, 1.54) is 12.5 Å². The van der Waals surface area contributed by atoms with Crippen LogP contribution in [0.15, 0.2) is 6.07 Å². The molecular weight excluding hydrogens is 232 g/mol. The predicted octanol–water partition coefficient (Wildman–Crippen LogP) is 2.72. The summed E-state index contributed by atoms with van der Waals surface area (Å²) < 4.78 is 5.15. The molecule has 96 valence electrons. The van der Waals surface area contributed by atoms with Crippen molar-refractivity contribution >= 4 is 5.78 Å². The summed E-state index contributed by atoms with van der Waals surface area (Å²) in [6.45, 7) is -0.0452. The molecule has 0 saturated heterocycles. The smallest absolute Gasteiger partial charge is 0.207 e. The maximum absolute atomic E-state index is 11.7. The molecule has 0 amide bonds. The standard InChI is InChI=1S/C14H16O4/c15-9-6-11-13(10(16)7-18-11)14(17)12(9)8-4-2-1-3-5-8/h6,8,15,17H,1-5,7H2. The number of rotatable bonds is 1. The van der Waals surface area contributed by atoms with Crippen LogP contribution < -0.4 is 4.74 Å². The Morgan fingerprint density at radius 3 is 2.61 bits per heavy atom. The van der Waals surface area contributed by atoms with Gasteiger partial charge in [-0.3, -0.25) is 4.79 Å². The van der Waals surface area contributed by atoms with E-state index in [4.69, 9.17) is 4.74 Å². The zero-order chi connectivity index (χ0) is 12.7. The lowest BCUT2D eigenvalue weighted by molar-refractivity contribution is 0.0959. The molecule has 3 rings (SSSR count). The lowest BCUT2D eigenvalue weighted by atomic mass is 9.82. The highest BCUT2D eigenvalue weighted by Gasteiger charge is 2.32. The van der Waals surface area contributed by atoms with E-state index < -0.39 is 0 Å². The predicted molar refractivity (Wildman–Crippen MR) is 65.4 cm³/mol. The van der Waals surface area contributed by atoms with Gasteiger partial charge in [0.05, 0.1) is 0 Å². The highest BCUT2D eigenvalue weighted by atomic mass is 16.5. The monoisotopic (exact) mass is 248 g/mol. The molecule has 2 aliphatic rings. The summed E-state index contributed by atoms with van der Waals surface area (Å²) in [5, 5.41) is 20.3. The van der Waals surface area contributed by atoms with Crippen LogP contribution in [0.3, 0.4) is 0 Å². The molecule has 1 fully saturated rings. The summed E-state index contributed by atoms with van der Waals surface area (Å²) in [5.41, 5.74) is 0.778. The first-order valence-electron chi connectivity index (χ1n) is 6.43. The molecule has 0 unspecified atom stereocenters. The number of phenolic OH excluding ortho intramolecular Hbond substituents is 2. The molecule has 4 nitrogen and oxygen atoms in total. The minimum Gasteiger partial charge on any atom is -0.507 e. The van der Waals surface area contributed by atoms with Crippen molar-refractivity contribution in [3.05, 3.63) is 17.2 Å². The zero-order valence-electron chi connectivity index (χ0n) is 10.1. The fourth-order valence-electron chi connectivity index (χ4n) is 3.04. The lowest BCUT2D eigenvalue weighted by Crippen LogP contribution is -2.07. The zero-order valence-corrected chi connectivity index (χ0v) is 10.1. The van der Waals surface area contributed by atoms with Gasteiger partial charge in [0.1, 0.15) is 22.8 Å². The molecule has 1 heterocycles. The molecule has 18 heavy (non-hydrogen) atoms. The molecule has 0 aromatic heterocycles. The van der Waals surface area contributed by atoms with Crippen LogP contribution >= 0.6 is 0 Å². The van der Waals surface area contributed by atoms with E-state index in [1.54, 1.807) is 0 Å². The third-order valence-electron chi connectivity index (χ3n) is 3.93. The Bertz CT molecular complexity index is 501. The Morgan fingerprint density at radius 2 is 1.89 bits per heavy atom. The summed E-state index contributed by atoms with van der Waals surface area (Å²) in [6, 6.07) is 1.46. The molecule has 0 bridgehead atoms. The second kappa shape index (κ2) is 4.19. The largest absolute Gasteiger partial charge is 0.507 e. The van der Waals surface area contributed by atoms with Gasteiger partial charge in [-0.05, 0) is 18.8 Å². The van der Waals surface area contributed by atoms with Gasteiger partial charge in [-0.1, -0.05) is 19.3 Å². The van der Waals surface area contributed by atoms with E-state index >= 15 is 0 Å². The third kappa shape index (κ3) is 1.64. The summed E-state index contributed by atoms with van der Waals surface area (Å²) in [6.07, 6.45) is 5.31. The van der Waals surface area contributed by atoms with Crippen molar-refractivity contribution < 1.29 is 19.7 Å². The van der Waals surface area contributed by atoms with Gasteiger partial charge in [0.2, 0.25) is 5.78 Å². The molecule has 2 N–H and O–H groups in total. The van der Waals surface area contributed by atoms with E-state index in [-0.39, 0.29) is 35.4 Å². The first-order valence-corrected chi connectivity index (χ1v) is 6.43. The van der Waals surface area contributed by atoms with Gasteiger partial charge in [-0.25, -0.2) is 0 Å². The molecule has 1 aromatic carbocycles. The summed E-state index contributed by atoms with van der Waals surface area (Å²) in [7, 11) is 0. The van der Waals surface area contributed by atoms with Crippen molar-refractivity contribution in [2.24, 2.45) is 0 Å². The van der Waals surface area contributed by atoms with Crippen molar-refractivity contribution in [3.8, 4) is 17.2 Å². The fourth-order valence-corrected chi connectivity index (χ4v) is 3.04. The van der Waals surface area contributed by atoms with E-state index in [1.807, 2.05) is 0 Å². The Morgan fingerprint density at radius 1 is 1.17 bits per heavy atom. The van der Waals surface area contributed by atoms with Crippen molar-refractivity contribution in [2.75, 3.05) is 6.61 Å². The number of benzene rings is 1. The van der Waals surface area contributed by atoms with E-state index in [2.05, 4.69) is 0 Å². The fraction of sp³-hybridized carbons (Fsp3) is 0.500. The third-order valence-corrected chi connectivity index (χ3v) is 3.93. The molecule has 1 aliphatic heterocycles. The number of carbonyl (C=O) groups is 1. The maximum Gasteiger partial charge on any atom is 0.207 e. The second-order valence-electron chi connectivity index (χ2n) is 5.08. The van der Waals surface area contributed by atoms with Crippen LogP contribution in [0, 0.1) is 0 Å². The number of hydrogen-bond acceptors (Lipinski definition) is 4. The number of carbonyl (C=O) groups excluding carboxylic acids is 1. The minimum absolute atomic E-state index is 0.0452. The van der Waals surface area contributed by atoms with Gasteiger partial charge in [0, 0.05) is 11.6 Å². The van der Waals surface area contributed by atoms with Crippen LogP contribution in [0.4, 0.5) is 0 Å². The lowest BCUT2D eigenvalue weighted by Gasteiger charge is -2.24. The SMILES string of the molecule is O=C1COc2cc(O)c(C3CCCCC3)c(O)c21. The number of hydrogen-bond donors (Lipinski definition) is 2. The summed E-state index contributed by atoms with van der Waals surface area (Å²) >= 11 is 0. The van der Waals surface area contributed by atoms with Crippen LogP contribution in [-0.4, -0.2) is 22.6 Å². The van der Waals surface area contributed by atoms with E-state index in [9.17, 15) is 15.0 Å². The van der Waals surface area contributed by atoms with Gasteiger partial charge in [0.15, 0.2) is 6.61 Å². The van der Waals surface area contributed by atoms with Gasteiger partial charge >= 0.3 is 0 Å². The number of phenols is 2. The Kier molecular flexibility index (Phi) is 2.65. The average Bonchev–Trinajstić information content (AvgIpc) is 2.72. The number of ether oxygens (including phenoxy) is 1. The molecule has 0 spiro atoms. The Labute approximate surface area is 105 Å². The van der Waals surface area contributed by atoms with Gasteiger partial charge in [-0.2, -0.15) is 0 Å². The van der Waals surface area contributed by atoms with Crippen molar-refractivity contribution in [1.29, 1.82) is 0 Å². The molecule has 1 aromatic rings. The molecular formula is C14H16O4. The van der Waals surface area contributed by atoms with Crippen LogP contribution in [-0.2, 0) is 0 Å². The molecule has 0 atom stereocenters. The number of aromatic hydroxyl groups is 2. The summed E-state index contributed by atoms with van der Waals surface area (Å²) in [4.78, 5) is 11.7.